The van der Waals surface area contributed by atoms with Crippen molar-refractivity contribution in [2.24, 2.45) is 0 Å². The van der Waals surface area contributed by atoms with Crippen LogP contribution in [0.3, 0.4) is 0 Å². The smallest absolute Gasteiger partial charge is 0.322 e. The number of carbonyl (C=O) groups excluding carboxylic acids is 2. The fourth-order valence-corrected chi connectivity index (χ4v) is 3.34. The highest BCUT2D eigenvalue weighted by molar-refractivity contribution is 5.93. The third-order valence-corrected chi connectivity index (χ3v) is 5.14. The first-order valence-corrected chi connectivity index (χ1v) is 10.6. The van der Waals surface area contributed by atoms with Gasteiger partial charge < -0.3 is 19.5 Å². The van der Waals surface area contributed by atoms with E-state index >= 15 is 0 Å². The molecule has 0 unspecified atom stereocenters. The van der Waals surface area contributed by atoms with E-state index in [0.29, 0.717) is 25.3 Å². The van der Waals surface area contributed by atoms with E-state index < -0.39 is 0 Å². The fourth-order valence-electron chi connectivity index (χ4n) is 3.34. The molecule has 0 spiro atoms. The van der Waals surface area contributed by atoms with E-state index in [0.717, 1.165) is 16.8 Å². The van der Waals surface area contributed by atoms with E-state index in [1.54, 1.807) is 23.3 Å². The van der Waals surface area contributed by atoms with Gasteiger partial charge in [-0.2, -0.15) is 0 Å². The molecule has 0 aliphatic rings. The minimum absolute atomic E-state index is 0.0563. The van der Waals surface area contributed by atoms with Crippen LogP contribution in [0.2, 0.25) is 0 Å². The Hall–Kier alpha value is -3.80. The first-order valence-electron chi connectivity index (χ1n) is 10.6. The van der Waals surface area contributed by atoms with Crippen molar-refractivity contribution in [2.45, 2.75) is 19.9 Å². The van der Waals surface area contributed by atoms with E-state index in [1.807, 2.05) is 67.6 Å². The molecule has 3 rings (SSSR count). The summed E-state index contributed by atoms with van der Waals surface area (Å²) < 4.78 is 5.46. The molecule has 2 aromatic carbocycles. The van der Waals surface area contributed by atoms with Crippen molar-refractivity contribution in [2.75, 3.05) is 25.0 Å². The van der Waals surface area contributed by atoms with E-state index in [4.69, 9.17) is 4.42 Å². The molecule has 3 amide bonds. The summed E-state index contributed by atoms with van der Waals surface area (Å²) in [5.41, 5.74) is 2.81. The molecule has 0 radical (unpaired) electrons. The minimum atomic E-state index is -0.339. The number of carbonyl (C=O) groups is 2. The van der Waals surface area contributed by atoms with Crippen molar-refractivity contribution in [1.29, 1.82) is 0 Å². The summed E-state index contributed by atoms with van der Waals surface area (Å²) in [6.45, 7) is 6.73. The number of nitrogens with zero attached hydrogens (tertiary/aromatic N) is 2. The zero-order valence-electron chi connectivity index (χ0n) is 18.4. The number of rotatable bonds is 10. The highest BCUT2D eigenvalue weighted by Crippen LogP contribution is 2.14. The van der Waals surface area contributed by atoms with E-state index in [-0.39, 0.29) is 25.0 Å². The van der Waals surface area contributed by atoms with Crippen LogP contribution in [0.5, 0.6) is 0 Å². The Morgan fingerprint density at radius 1 is 1.00 bits per heavy atom. The lowest BCUT2D eigenvalue weighted by Gasteiger charge is -2.27. The summed E-state index contributed by atoms with van der Waals surface area (Å²) in [4.78, 5) is 29.3. The van der Waals surface area contributed by atoms with Crippen LogP contribution in [0.25, 0.3) is 0 Å². The fraction of sp³-hybridized carbons (Fsp3) is 0.231. The Bertz CT molecular complexity index is 1020. The van der Waals surface area contributed by atoms with Gasteiger partial charge in [0.1, 0.15) is 12.3 Å². The second-order valence-electron chi connectivity index (χ2n) is 7.54. The molecule has 0 fully saturated rings. The number of nitrogens with one attached hydrogen (secondary N) is 1. The zero-order chi connectivity index (χ0) is 22.8. The number of para-hydroxylation sites is 1. The van der Waals surface area contributed by atoms with Crippen molar-refractivity contribution >= 4 is 17.6 Å². The number of urea groups is 1. The maximum absolute atomic E-state index is 13.2. The van der Waals surface area contributed by atoms with Gasteiger partial charge in [0.2, 0.25) is 5.91 Å². The number of aryl methyl sites for hydroxylation is 1. The van der Waals surface area contributed by atoms with Crippen LogP contribution in [-0.4, -0.2) is 41.4 Å². The highest BCUT2D eigenvalue weighted by Gasteiger charge is 2.22. The number of amides is 3. The standard InChI is InChI=1S/C26H29N3O3/c1-3-16-29(26(31)27-24-14-8-7-10-21(24)2)20-25(30)28(19-23-13-9-18-32-23)17-15-22-11-5-4-6-12-22/h3-14,18H,1,15-17,19-20H2,2H3,(H,27,31). The van der Waals surface area contributed by atoms with Gasteiger partial charge in [-0.15, -0.1) is 6.58 Å². The lowest BCUT2D eigenvalue weighted by Crippen LogP contribution is -2.45. The van der Waals surface area contributed by atoms with Crippen LogP contribution in [0.4, 0.5) is 10.5 Å². The summed E-state index contributed by atoms with van der Waals surface area (Å²) in [5.74, 6) is 0.546. The maximum Gasteiger partial charge on any atom is 0.322 e. The number of benzene rings is 2. The average Bonchev–Trinajstić information content (AvgIpc) is 3.31. The quantitative estimate of drug-likeness (QED) is 0.465. The van der Waals surface area contributed by atoms with Crippen LogP contribution in [0.1, 0.15) is 16.9 Å². The molecule has 0 saturated carbocycles. The summed E-state index contributed by atoms with van der Waals surface area (Å²) in [5, 5.41) is 2.89. The van der Waals surface area contributed by atoms with Gasteiger partial charge in [0.15, 0.2) is 0 Å². The molecule has 3 aromatic rings. The molecule has 1 aromatic heterocycles. The maximum atomic E-state index is 13.2. The average molecular weight is 432 g/mol. The molecule has 0 saturated heterocycles. The first kappa shape index (κ1) is 22.9. The number of anilines is 1. The number of furan rings is 1. The van der Waals surface area contributed by atoms with Gasteiger partial charge in [0, 0.05) is 18.8 Å². The van der Waals surface area contributed by atoms with Crippen molar-refractivity contribution in [1.82, 2.24) is 9.80 Å². The first-order chi connectivity index (χ1) is 15.6. The van der Waals surface area contributed by atoms with Gasteiger partial charge in [-0.3, -0.25) is 4.79 Å². The topological polar surface area (TPSA) is 65.8 Å². The molecule has 32 heavy (non-hydrogen) atoms. The van der Waals surface area contributed by atoms with Crippen LogP contribution >= 0.6 is 0 Å². The van der Waals surface area contributed by atoms with E-state index in [9.17, 15) is 9.59 Å². The predicted molar refractivity (Wildman–Crippen MR) is 126 cm³/mol. The molecule has 1 N–H and O–H groups in total. The molecule has 0 bridgehead atoms. The lowest BCUT2D eigenvalue weighted by atomic mass is 10.1. The minimum Gasteiger partial charge on any atom is -0.467 e. The Labute approximate surface area is 189 Å². The molecule has 6 heteroatoms. The van der Waals surface area contributed by atoms with Crippen molar-refractivity contribution < 1.29 is 14.0 Å². The third-order valence-electron chi connectivity index (χ3n) is 5.14. The molecule has 0 aliphatic heterocycles. The second kappa shape index (κ2) is 11.6. The van der Waals surface area contributed by atoms with Gasteiger partial charge in [0.25, 0.3) is 0 Å². The van der Waals surface area contributed by atoms with Crippen LogP contribution < -0.4 is 5.32 Å². The zero-order valence-corrected chi connectivity index (χ0v) is 18.4. The Morgan fingerprint density at radius 2 is 1.75 bits per heavy atom. The van der Waals surface area contributed by atoms with Gasteiger partial charge in [-0.25, -0.2) is 4.79 Å². The summed E-state index contributed by atoms with van der Waals surface area (Å²) in [6.07, 6.45) is 3.92. The largest absolute Gasteiger partial charge is 0.467 e. The van der Waals surface area contributed by atoms with E-state index in [1.165, 1.54) is 4.90 Å². The highest BCUT2D eigenvalue weighted by atomic mass is 16.3. The molecular weight excluding hydrogens is 402 g/mol. The summed E-state index contributed by atoms with van der Waals surface area (Å²) >= 11 is 0. The summed E-state index contributed by atoms with van der Waals surface area (Å²) in [7, 11) is 0. The van der Waals surface area contributed by atoms with Gasteiger partial charge in [0.05, 0.1) is 12.8 Å². The monoisotopic (exact) mass is 431 g/mol. The Balaban J connectivity index is 1.69. The van der Waals surface area contributed by atoms with Crippen LogP contribution in [0, 0.1) is 6.92 Å². The Kier molecular flexibility index (Phi) is 8.26. The summed E-state index contributed by atoms with van der Waals surface area (Å²) in [6, 6.07) is 20.8. The van der Waals surface area contributed by atoms with Crippen LogP contribution in [-0.2, 0) is 17.8 Å². The normalized spacial score (nSPS) is 10.4. The van der Waals surface area contributed by atoms with Crippen molar-refractivity contribution in [3.8, 4) is 0 Å². The van der Waals surface area contributed by atoms with Crippen molar-refractivity contribution in [3.05, 3.63) is 103 Å². The number of hydrogen-bond donors (Lipinski definition) is 1. The molecular formula is C26H29N3O3. The van der Waals surface area contributed by atoms with Gasteiger partial charge in [-0.05, 0) is 42.7 Å². The van der Waals surface area contributed by atoms with Gasteiger partial charge >= 0.3 is 6.03 Å². The van der Waals surface area contributed by atoms with Crippen LogP contribution in [0.15, 0.2) is 90.1 Å². The molecule has 6 nitrogen and oxygen atoms in total. The van der Waals surface area contributed by atoms with E-state index in [2.05, 4.69) is 11.9 Å². The molecule has 0 atom stereocenters. The third kappa shape index (κ3) is 6.60. The van der Waals surface area contributed by atoms with Crippen molar-refractivity contribution in [3.63, 3.8) is 0 Å². The molecule has 0 aliphatic carbocycles. The Morgan fingerprint density at radius 3 is 2.44 bits per heavy atom. The predicted octanol–water partition coefficient (Wildman–Crippen LogP) is 4.88. The second-order valence-corrected chi connectivity index (χ2v) is 7.54. The SMILES string of the molecule is C=CCN(CC(=O)N(CCc1ccccc1)Cc1ccco1)C(=O)Nc1ccccc1C. The van der Waals surface area contributed by atoms with Gasteiger partial charge in [-0.1, -0.05) is 54.6 Å². The molecule has 166 valence electrons. The number of hydrogen-bond acceptors (Lipinski definition) is 3. The molecule has 1 heterocycles. The lowest BCUT2D eigenvalue weighted by molar-refractivity contribution is -0.132.